The standard InChI is InChI=1S/C13H19BrN2O2S/c1-10-5-3-2-4-8-16(10)19(17,18)13-9-11(14)6-7-12(13)15/h6-7,9-10H,2-5,8,15H2,1H3. The summed E-state index contributed by atoms with van der Waals surface area (Å²) in [6.45, 7) is 2.55. The zero-order chi connectivity index (χ0) is 14.0. The first-order valence-corrected chi connectivity index (χ1v) is 8.73. The topological polar surface area (TPSA) is 63.4 Å². The lowest BCUT2D eigenvalue weighted by Gasteiger charge is -2.26. The van der Waals surface area contributed by atoms with Crippen LogP contribution in [0.4, 0.5) is 5.69 Å². The molecule has 0 aromatic heterocycles. The van der Waals surface area contributed by atoms with Crippen LogP contribution in [0.2, 0.25) is 0 Å². The smallest absolute Gasteiger partial charge is 0.245 e. The summed E-state index contributed by atoms with van der Waals surface area (Å²) in [5.41, 5.74) is 6.15. The van der Waals surface area contributed by atoms with Crippen molar-refractivity contribution in [1.82, 2.24) is 4.31 Å². The number of benzene rings is 1. The van der Waals surface area contributed by atoms with E-state index < -0.39 is 10.0 Å². The van der Waals surface area contributed by atoms with Crippen LogP contribution in [0.5, 0.6) is 0 Å². The highest BCUT2D eigenvalue weighted by atomic mass is 79.9. The number of hydrogen-bond donors (Lipinski definition) is 1. The molecule has 1 heterocycles. The molecular weight excluding hydrogens is 328 g/mol. The number of halogens is 1. The minimum atomic E-state index is -3.51. The molecule has 0 amide bonds. The van der Waals surface area contributed by atoms with E-state index in [2.05, 4.69) is 15.9 Å². The lowest BCUT2D eigenvalue weighted by atomic mass is 10.1. The van der Waals surface area contributed by atoms with E-state index >= 15 is 0 Å². The fraction of sp³-hybridized carbons (Fsp3) is 0.538. The van der Waals surface area contributed by atoms with E-state index in [9.17, 15) is 8.42 Å². The van der Waals surface area contributed by atoms with Crippen molar-refractivity contribution >= 4 is 31.6 Å². The SMILES string of the molecule is CC1CCCCCN1S(=O)(=O)c1cc(Br)ccc1N. The van der Waals surface area contributed by atoms with Crippen LogP contribution in [-0.2, 0) is 10.0 Å². The van der Waals surface area contributed by atoms with Gasteiger partial charge in [0.15, 0.2) is 0 Å². The Kier molecular flexibility index (Phi) is 4.53. The summed E-state index contributed by atoms with van der Waals surface area (Å²) in [6, 6.07) is 4.99. The van der Waals surface area contributed by atoms with Crippen molar-refractivity contribution in [2.45, 2.75) is 43.5 Å². The molecule has 106 valence electrons. The number of nitrogens with zero attached hydrogens (tertiary/aromatic N) is 1. The zero-order valence-corrected chi connectivity index (χ0v) is 13.4. The van der Waals surface area contributed by atoms with Gasteiger partial charge in [0.05, 0.1) is 5.69 Å². The first-order valence-electron chi connectivity index (χ1n) is 6.50. The average molecular weight is 347 g/mol. The molecule has 6 heteroatoms. The molecule has 0 saturated carbocycles. The third-order valence-electron chi connectivity index (χ3n) is 3.55. The second kappa shape index (κ2) is 5.81. The largest absolute Gasteiger partial charge is 0.398 e. The van der Waals surface area contributed by atoms with Crippen molar-refractivity contribution in [2.24, 2.45) is 0 Å². The fourth-order valence-electron chi connectivity index (χ4n) is 2.46. The van der Waals surface area contributed by atoms with E-state index in [4.69, 9.17) is 5.73 Å². The summed E-state index contributed by atoms with van der Waals surface area (Å²) in [5.74, 6) is 0. The lowest BCUT2D eigenvalue weighted by Crippen LogP contribution is -2.38. The molecule has 19 heavy (non-hydrogen) atoms. The predicted molar refractivity (Wildman–Crippen MR) is 80.4 cm³/mol. The van der Waals surface area contributed by atoms with Crippen molar-refractivity contribution in [1.29, 1.82) is 0 Å². The monoisotopic (exact) mass is 346 g/mol. The number of hydrogen-bond acceptors (Lipinski definition) is 3. The van der Waals surface area contributed by atoms with E-state index in [1.165, 1.54) is 0 Å². The van der Waals surface area contributed by atoms with Crippen LogP contribution in [0.3, 0.4) is 0 Å². The van der Waals surface area contributed by atoms with Crippen LogP contribution in [0, 0.1) is 0 Å². The highest BCUT2D eigenvalue weighted by molar-refractivity contribution is 9.10. The number of nitrogens with two attached hydrogens (primary N) is 1. The quantitative estimate of drug-likeness (QED) is 0.837. The minimum absolute atomic E-state index is 0.0332. The molecule has 0 spiro atoms. The van der Waals surface area contributed by atoms with Crippen LogP contribution in [0.25, 0.3) is 0 Å². The molecule has 1 fully saturated rings. The molecule has 1 aromatic carbocycles. The first-order chi connectivity index (χ1) is 8.93. The summed E-state index contributed by atoms with van der Waals surface area (Å²) >= 11 is 3.30. The van der Waals surface area contributed by atoms with E-state index in [1.807, 2.05) is 6.92 Å². The zero-order valence-electron chi connectivity index (χ0n) is 11.0. The Morgan fingerprint density at radius 2 is 2.05 bits per heavy atom. The van der Waals surface area contributed by atoms with E-state index in [1.54, 1.807) is 22.5 Å². The van der Waals surface area contributed by atoms with Gasteiger partial charge in [-0.25, -0.2) is 8.42 Å². The molecule has 1 aliphatic heterocycles. The van der Waals surface area contributed by atoms with Gasteiger partial charge >= 0.3 is 0 Å². The Morgan fingerprint density at radius 3 is 2.79 bits per heavy atom. The van der Waals surface area contributed by atoms with Crippen LogP contribution in [0.15, 0.2) is 27.6 Å². The summed E-state index contributed by atoms with van der Waals surface area (Å²) in [5, 5.41) is 0. The third kappa shape index (κ3) is 3.12. The second-order valence-corrected chi connectivity index (χ2v) is 7.77. The molecule has 0 bridgehead atoms. The number of anilines is 1. The minimum Gasteiger partial charge on any atom is -0.398 e. The summed E-state index contributed by atoms with van der Waals surface area (Å²) < 4.78 is 27.8. The maximum atomic E-state index is 12.7. The molecule has 1 unspecified atom stereocenters. The molecule has 1 aliphatic rings. The molecule has 4 nitrogen and oxygen atoms in total. The summed E-state index contributed by atoms with van der Waals surface area (Å²) in [6.07, 6.45) is 4.00. The van der Waals surface area contributed by atoms with E-state index in [0.717, 1.165) is 30.2 Å². The molecule has 1 aromatic rings. The molecule has 1 saturated heterocycles. The van der Waals surface area contributed by atoms with Crippen molar-refractivity contribution in [3.63, 3.8) is 0 Å². The molecule has 2 N–H and O–H groups in total. The normalized spacial score (nSPS) is 22.1. The van der Waals surface area contributed by atoms with Crippen molar-refractivity contribution in [2.75, 3.05) is 12.3 Å². The van der Waals surface area contributed by atoms with Crippen molar-refractivity contribution < 1.29 is 8.42 Å². The van der Waals surface area contributed by atoms with Crippen molar-refractivity contribution in [3.8, 4) is 0 Å². The lowest BCUT2D eigenvalue weighted by molar-refractivity contribution is 0.342. The summed E-state index contributed by atoms with van der Waals surface area (Å²) in [7, 11) is -3.51. The van der Waals surface area contributed by atoms with Crippen LogP contribution in [-0.4, -0.2) is 25.3 Å². The molecule has 0 radical (unpaired) electrons. The van der Waals surface area contributed by atoms with E-state index in [-0.39, 0.29) is 10.9 Å². The maximum absolute atomic E-state index is 12.7. The second-order valence-electron chi connectivity index (χ2n) is 5.00. The number of rotatable bonds is 2. The molecule has 1 atom stereocenters. The van der Waals surface area contributed by atoms with Gasteiger partial charge in [-0.3, -0.25) is 0 Å². The number of nitrogen functional groups attached to an aromatic ring is 1. The Morgan fingerprint density at radius 1 is 1.32 bits per heavy atom. The third-order valence-corrected chi connectivity index (χ3v) is 6.12. The van der Waals surface area contributed by atoms with Gasteiger partial charge in [0.25, 0.3) is 0 Å². The summed E-state index contributed by atoms with van der Waals surface area (Å²) in [4.78, 5) is 0.204. The van der Waals surface area contributed by atoms with Crippen LogP contribution in [0.1, 0.15) is 32.6 Å². The first kappa shape index (κ1) is 14.8. The van der Waals surface area contributed by atoms with Gasteiger partial charge < -0.3 is 5.73 Å². The van der Waals surface area contributed by atoms with Gasteiger partial charge in [0, 0.05) is 17.1 Å². The Labute approximate surface area is 123 Å². The highest BCUT2D eigenvalue weighted by Crippen LogP contribution is 2.29. The maximum Gasteiger partial charge on any atom is 0.245 e. The van der Waals surface area contributed by atoms with Gasteiger partial charge in [0.1, 0.15) is 4.90 Å². The Bertz CT molecular complexity index is 560. The van der Waals surface area contributed by atoms with Gasteiger partial charge in [-0.05, 0) is 38.0 Å². The van der Waals surface area contributed by atoms with Gasteiger partial charge in [-0.1, -0.05) is 28.8 Å². The van der Waals surface area contributed by atoms with Gasteiger partial charge in [-0.15, -0.1) is 0 Å². The number of sulfonamides is 1. The van der Waals surface area contributed by atoms with Crippen molar-refractivity contribution in [3.05, 3.63) is 22.7 Å². The molecule has 0 aliphatic carbocycles. The Hall–Kier alpha value is -0.590. The Balaban J connectivity index is 2.43. The predicted octanol–water partition coefficient (Wildman–Crippen LogP) is 2.98. The van der Waals surface area contributed by atoms with E-state index in [0.29, 0.717) is 12.2 Å². The highest BCUT2D eigenvalue weighted by Gasteiger charge is 2.31. The van der Waals surface area contributed by atoms with Gasteiger partial charge in [0.2, 0.25) is 10.0 Å². The average Bonchev–Trinajstić information content (AvgIpc) is 2.57. The fourth-order valence-corrected chi connectivity index (χ4v) is 4.82. The molecular formula is C13H19BrN2O2S. The molecule has 2 rings (SSSR count). The van der Waals surface area contributed by atoms with Crippen LogP contribution < -0.4 is 5.73 Å². The van der Waals surface area contributed by atoms with Gasteiger partial charge in [-0.2, -0.15) is 4.31 Å². The van der Waals surface area contributed by atoms with Crippen LogP contribution >= 0.6 is 15.9 Å².